The topological polar surface area (TPSA) is 132 Å². The average molecular weight is 460 g/mol. The first-order valence-electron chi connectivity index (χ1n) is 10.5. The number of methoxy groups -OCH3 is 1. The van der Waals surface area contributed by atoms with Crippen LogP contribution in [0, 0.1) is 10.1 Å². The molecule has 1 fully saturated rings. The number of carbonyl (C=O) groups is 1. The van der Waals surface area contributed by atoms with Gasteiger partial charge in [-0.15, -0.1) is 5.10 Å². The molecule has 0 radical (unpaired) electrons. The summed E-state index contributed by atoms with van der Waals surface area (Å²) in [4.78, 5) is 35.9. The highest BCUT2D eigenvalue weighted by Gasteiger charge is 2.26. The van der Waals surface area contributed by atoms with Crippen LogP contribution in [0.2, 0.25) is 0 Å². The number of benzene rings is 2. The van der Waals surface area contributed by atoms with Gasteiger partial charge in [0.25, 0.3) is 11.6 Å². The van der Waals surface area contributed by atoms with Gasteiger partial charge in [0.05, 0.1) is 17.7 Å². The van der Waals surface area contributed by atoms with Gasteiger partial charge in [-0.05, 0) is 30.3 Å². The summed E-state index contributed by atoms with van der Waals surface area (Å²) in [5.74, 6) is 1.15. The average Bonchev–Trinajstić information content (AvgIpc) is 3.33. The Bertz CT molecular complexity index is 1360. The number of nitrogens with zero attached hydrogens (tertiary/aromatic N) is 8. The van der Waals surface area contributed by atoms with Crippen molar-refractivity contribution in [2.45, 2.75) is 0 Å². The summed E-state index contributed by atoms with van der Waals surface area (Å²) < 4.78 is 6.85. The van der Waals surface area contributed by atoms with E-state index in [4.69, 9.17) is 4.74 Å². The van der Waals surface area contributed by atoms with Gasteiger partial charge in [-0.2, -0.15) is 4.68 Å². The van der Waals surface area contributed by atoms with Crippen molar-refractivity contribution in [2.24, 2.45) is 0 Å². The minimum absolute atomic E-state index is 0.104. The van der Waals surface area contributed by atoms with Gasteiger partial charge in [-0.25, -0.2) is 9.97 Å². The summed E-state index contributed by atoms with van der Waals surface area (Å²) in [6.07, 6.45) is 1.47. The number of amides is 1. The number of ether oxygens (including phenoxy) is 1. The molecule has 4 aromatic rings. The SMILES string of the molecule is COc1ccc(-n2nnc3c(N4CCN(C(=O)c5cccc([N+](=O)[O-])c5)CC4)ncnc32)cc1. The van der Waals surface area contributed by atoms with Crippen molar-refractivity contribution in [3.05, 3.63) is 70.5 Å². The zero-order valence-electron chi connectivity index (χ0n) is 18.2. The molecule has 0 N–H and O–H groups in total. The molecule has 0 atom stereocenters. The molecule has 2 aromatic heterocycles. The molecule has 34 heavy (non-hydrogen) atoms. The monoisotopic (exact) mass is 460 g/mol. The molecule has 0 saturated carbocycles. The zero-order chi connectivity index (χ0) is 23.7. The summed E-state index contributed by atoms with van der Waals surface area (Å²) in [5.41, 5.74) is 2.13. The summed E-state index contributed by atoms with van der Waals surface area (Å²) >= 11 is 0. The largest absolute Gasteiger partial charge is 0.497 e. The molecule has 12 heteroatoms. The van der Waals surface area contributed by atoms with Crippen molar-refractivity contribution in [1.29, 1.82) is 0 Å². The summed E-state index contributed by atoms with van der Waals surface area (Å²) in [5, 5.41) is 19.6. The second kappa shape index (κ2) is 8.73. The fourth-order valence-electron chi connectivity index (χ4n) is 3.92. The van der Waals surface area contributed by atoms with Crippen LogP contribution < -0.4 is 9.64 Å². The lowest BCUT2D eigenvalue weighted by Crippen LogP contribution is -2.49. The van der Waals surface area contributed by atoms with E-state index in [1.807, 2.05) is 29.2 Å². The third-order valence-corrected chi connectivity index (χ3v) is 5.71. The zero-order valence-corrected chi connectivity index (χ0v) is 18.2. The van der Waals surface area contributed by atoms with Crippen LogP contribution in [-0.4, -0.2) is 74.0 Å². The Kier molecular flexibility index (Phi) is 5.46. The second-order valence-corrected chi connectivity index (χ2v) is 7.66. The number of carbonyl (C=O) groups excluding carboxylic acids is 1. The molecule has 172 valence electrons. The quantitative estimate of drug-likeness (QED) is 0.324. The van der Waals surface area contributed by atoms with Gasteiger partial charge >= 0.3 is 0 Å². The minimum Gasteiger partial charge on any atom is -0.497 e. The van der Waals surface area contributed by atoms with E-state index in [0.717, 1.165) is 11.4 Å². The molecule has 0 bridgehead atoms. The van der Waals surface area contributed by atoms with E-state index in [9.17, 15) is 14.9 Å². The van der Waals surface area contributed by atoms with E-state index in [1.54, 1.807) is 22.8 Å². The molecule has 12 nitrogen and oxygen atoms in total. The predicted octanol–water partition coefficient (Wildman–Crippen LogP) is 2.09. The van der Waals surface area contributed by atoms with Crippen LogP contribution in [-0.2, 0) is 0 Å². The lowest BCUT2D eigenvalue weighted by atomic mass is 10.1. The van der Waals surface area contributed by atoms with E-state index >= 15 is 0 Å². The molecule has 2 aromatic carbocycles. The third kappa shape index (κ3) is 3.85. The smallest absolute Gasteiger partial charge is 0.270 e. The maximum absolute atomic E-state index is 12.9. The third-order valence-electron chi connectivity index (χ3n) is 5.71. The van der Waals surface area contributed by atoms with Crippen LogP contribution in [0.3, 0.4) is 0 Å². The van der Waals surface area contributed by atoms with Gasteiger partial charge < -0.3 is 14.5 Å². The molecule has 0 spiro atoms. The van der Waals surface area contributed by atoms with Crippen molar-refractivity contribution in [2.75, 3.05) is 38.2 Å². The molecular formula is C22H20N8O4. The molecule has 1 aliphatic heterocycles. The Balaban J connectivity index is 1.34. The first kappa shape index (κ1) is 21.2. The van der Waals surface area contributed by atoms with Crippen molar-refractivity contribution < 1.29 is 14.5 Å². The van der Waals surface area contributed by atoms with E-state index in [1.165, 1.54) is 24.5 Å². The first-order chi connectivity index (χ1) is 16.5. The number of fused-ring (bicyclic) bond motifs is 1. The van der Waals surface area contributed by atoms with Crippen LogP contribution in [0.5, 0.6) is 5.75 Å². The van der Waals surface area contributed by atoms with Crippen molar-refractivity contribution in [3.63, 3.8) is 0 Å². The molecule has 1 aliphatic rings. The Morgan fingerprint density at radius 2 is 1.82 bits per heavy atom. The van der Waals surface area contributed by atoms with Gasteiger partial charge in [-0.3, -0.25) is 14.9 Å². The number of hydrogen-bond acceptors (Lipinski definition) is 9. The maximum Gasteiger partial charge on any atom is 0.270 e. The molecule has 3 heterocycles. The number of nitro groups is 1. The van der Waals surface area contributed by atoms with E-state index < -0.39 is 4.92 Å². The Morgan fingerprint density at radius 3 is 2.53 bits per heavy atom. The Labute approximate surface area is 193 Å². The van der Waals surface area contributed by atoms with Gasteiger partial charge in [0.2, 0.25) is 0 Å². The summed E-state index contributed by atoms with van der Waals surface area (Å²) in [7, 11) is 1.61. The summed E-state index contributed by atoms with van der Waals surface area (Å²) in [6, 6.07) is 13.2. The molecule has 1 amide bonds. The predicted molar refractivity (Wildman–Crippen MR) is 122 cm³/mol. The van der Waals surface area contributed by atoms with E-state index in [2.05, 4.69) is 20.3 Å². The van der Waals surface area contributed by atoms with Crippen molar-refractivity contribution in [1.82, 2.24) is 29.9 Å². The van der Waals surface area contributed by atoms with E-state index in [-0.39, 0.29) is 11.6 Å². The Hall–Kier alpha value is -4.61. The minimum atomic E-state index is -0.506. The number of piperazine rings is 1. The molecular weight excluding hydrogens is 440 g/mol. The van der Waals surface area contributed by atoms with Gasteiger partial charge in [0, 0.05) is 43.9 Å². The second-order valence-electron chi connectivity index (χ2n) is 7.66. The molecule has 5 rings (SSSR count). The maximum atomic E-state index is 12.9. The molecule has 0 unspecified atom stereocenters. The number of non-ortho nitro benzene ring substituents is 1. The van der Waals surface area contributed by atoms with Crippen LogP contribution in [0.15, 0.2) is 54.9 Å². The molecule has 1 saturated heterocycles. The number of nitro benzene ring substituents is 1. The van der Waals surface area contributed by atoms with Gasteiger partial charge in [0.15, 0.2) is 17.0 Å². The lowest BCUT2D eigenvalue weighted by Gasteiger charge is -2.35. The lowest BCUT2D eigenvalue weighted by molar-refractivity contribution is -0.384. The number of rotatable bonds is 5. The van der Waals surface area contributed by atoms with Crippen LogP contribution in [0.4, 0.5) is 11.5 Å². The molecule has 0 aliphatic carbocycles. The van der Waals surface area contributed by atoms with Crippen molar-refractivity contribution in [3.8, 4) is 11.4 Å². The first-order valence-corrected chi connectivity index (χ1v) is 10.5. The van der Waals surface area contributed by atoms with Gasteiger partial charge in [-0.1, -0.05) is 11.3 Å². The van der Waals surface area contributed by atoms with Crippen LogP contribution in [0.1, 0.15) is 10.4 Å². The fraction of sp³-hybridized carbons (Fsp3) is 0.227. The van der Waals surface area contributed by atoms with Crippen LogP contribution in [0.25, 0.3) is 16.9 Å². The number of aromatic nitrogens is 5. The van der Waals surface area contributed by atoms with Crippen molar-refractivity contribution >= 4 is 28.6 Å². The fourth-order valence-corrected chi connectivity index (χ4v) is 3.92. The highest BCUT2D eigenvalue weighted by atomic mass is 16.6. The highest BCUT2D eigenvalue weighted by molar-refractivity contribution is 5.95. The highest BCUT2D eigenvalue weighted by Crippen LogP contribution is 2.25. The standard InChI is InChI=1S/C22H20N8O4/c1-34-18-7-5-16(6-8-18)29-21-19(25-26-29)20(23-14-24-21)27-9-11-28(12-10-27)22(31)15-3-2-4-17(13-15)30(32)33/h2-8,13-14H,9-12H2,1H3. The summed E-state index contributed by atoms with van der Waals surface area (Å²) in [6.45, 7) is 1.95. The van der Waals surface area contributed by atoms with E-state index in [0.29, 0.717) is 48.7 Å². The number of hydrogen-bond donors (Lipinski definition) is 0. The number of anilines is 1. The normalized spacial score (nSPS) is 13.8. The van der Waals surface area contributed by atoms with Crippen LogP contribution >= 0.6 is 0 Å². The Morgan fingerprint density at radius 1 is 1.06 bits per heavy atom. The van der Waals surface area contributed by atoms with Gasteiger partial charge in [0.1, 0.15) is 12.1 Å².